The lowest BCUT2D eigenvalue weighted by Crippen LogP contribution is -2.50. The van der Waals surface area contributed by atoms with Crippen LogP contribution in [-0.2, 0) is 9.16 Å². The van der Waals surface area contributed by atoms with Gasteiger partial charge in [0, 0.05) is 18.7 Å². The van der Waals surface area contributed by atoms with Crippen LogP contribution in [0.3, 0.4) is 0 Å². The van der Waals surface area contributed by atoms with Crippen molar-refractivity contribution in [3.05, 3.63) is 33.1 Å². The van der Waals surface area contributed by atoms with E-state index in [-0.39, 0.29) is 17.7 Å². The monoisotopic (exact) mass is 356 g/mol. The fourth-order valence-corrected chi connectivity index (χ4v) is 3.95. The fourth-order valence-electron chi connectivity index (χ4n) is 2.54. The minimum atomic E-state index is -2.06. The number of rotatable bonds is 4. The van der Waals surface area contributed by atoms with Crippen molar-refractivity contribution in [3.63, 3.8) is 0 Å². The van der Waals surface area contributed by atoms with Crippen molar-refractivity contribution in [2.24, 2.45) is 0 Å². The average Bonchev–Trinajstić information content (AvgIpc) is 2.74. The Morgan fingerprint density at radius 2 is 2.08 bits per heavy atom. The van der Waals surface area contributed by atoms with E-state index in [2.05, 4.69) is 38.8 Å². The first-order valence-electron chi connectivity index (χ1n) is 8.17. The summed E-state index contributed by atoms with van der Waals surface area (Å²) in [5.41, 5.74) is -1.87. The van der Waals surface area contributed by atoms with Gasteiger partial charge < -0.3 is 14.3 Å². The van der Waals surface area contributed by atoms with Gasteiger partial charge in [-0.25, -0.2) is 4.79 Å². The lowest BCUT2D eigenvalue weighted by atomic mass is 10.0. The predicted octanol–water partition coefficient (Wildman–Crippen LogP) is 1.60. The van der Waals surface area contributed by atoms with Crippen LogP contribution >= 0.6 is 0 Å². The van der Waals surface area contributed by atoms with E-state index in [1.54, 1.807) is 6.92 Å². The zero-order chi connectivity index (χ0) is 18.3. The van der Waals surface area contributed by atoms with Crippen molar-refractivity contribution in [2.45, 2.75) is 70.2 Å². The Hall–Kier alpha value is -1.22. The van der Waals surface area contributed by atoms with Crippen LogP contribution < -0.4 is 11.2 Å². The highest BCUT2D eigenvalue weighted by Gasteiger charge is 2.50. The average molecular weight is 356 g/mol. The van der Waals surface area contributed by atoms with E-state index in [1.165, 1.54) is 16.8 Å². The van der Waals surface area contributed by atoms with Crippen LogP contribution in [0.1, 0.15) is 40.3 Å². The normalized spacial score (nSPS) is 28.3. The van der Waals surface area contributed by atoms with Gasteiger partial charge in [-0.15, -0.1) is 0 Å². The SMILES string of the molecule is CC(C)(C)[Si](C)(C)O[C@H]1C[C@H](n2ccc(=O)[nH]c2=O)O[C@]1(C)CO. The third-order valence-corrected chi connectivity index (χ3v) is 9.71. The molecule has 1 aliphatic rings. The largest absolute Gasteiger partial charge is 0.411 e. The van der Waals surface area contributed by atoms with Crippen LogP contribution in [0.15, 0.2) is 21.9 Å². The molecular formula is C16H28N2O5Si. The van der Waals surface area contributed by atoms with Crippen molar-refractivity contribution in [2.75, 3.05) is 6.61 Å². The van der Waals surface area contributed by atoms with E-state index < -0.39 is 31.4 Å². The van der Waals surface area contributed by atoms with E-state index in [1.807, 2.05) is 0 Å². The van der Waals surface area contributed by atoms with Crippen molar-refractivity contribution in [1.29, 1.82) is 0 Å². The van der Waals surface area contributed by atoms with Gasteiger partial charge in [0.2, 0.25) is 0 Å². The Labute approximate surface area is 142 Å². The second kappa shape index (κ2) is 6.25. The number of aliphatic hydroxyl groups is 1. The molecule has 2 heterocycles. The summed E-state index contributed by atoms with van der Waals surface area (Å²) < 4.78 is 13.8. The van der Waals surface area contributed by atoms with E-state index in [0.717, 1.165) is 0 Å². The number of aromatic amines is 1. The minimum Gasteiger partial charge on any atom is -0.411 e. The lowest BCUT2D eigenvalue weighted by molar-refractivity contribution is -0.114. The highest BCUT2D eigenvalue weighted by Crippen LogP contribution is 2.44. The highest BCUT2D eigenvalue weighted by atomic mass is 28.4. The van der Waals surface area contributed by atoms with Gasteiger partial charge in [0.25, 0.3) is 5.56 Å². The maximum atomic E-state index is 12.0. The minimum absolute atomic E-state index is 0.0241. The highest BCUT2D eigenvalue weighted by molar-refractivity contribution is 6.74. The molecule has 1 aliphatic heterocycles. The molecule has 8 heteroatoms. The summed E-state index contributed by atoms with van der Waals surface area (Å²) in [6.45, 7) is 12.3. The predicted molar refractivity (Wildman–Crippen MR) is 93.6 cm³/mol. The second-order valence-electron chi connectivity index (χ2n) is 8.16. The Morgan fingerprint density at radius 1 is 1.46 bits per heavy atom. The number of H-pyrrole nitrogens is 1. The van der Waals surface area contributed by atoms with E-state index in [9.17, 15) is 14.7 Å². The van der Waals surface area contributed by atoms with Crippen LogP contribution in [0, 0.1) is 0 Å². The molecule has 1 aromatic heterocycles. The lowest BCUT2D eigenvalue weighted by Gasteiger charge is -2.41. The van der Waals surface area contributed by atoms with Crippen molar-refractivity contribution < 1.29 is 14.3 Å². The summed E-state index contributed by atoms with van der Waals surface area (Å²) in [7, 11) is -2.06. The van der Waals surface area contributed by atoms with Crippen molar-refractivity contribution in [3.8, 4) is 0 Å². The molecule has 3 atom stereocenters. The van der Waals surface area contributed by atoms with Gasteiger partial charge >= 0.3 is 5.69 Å². The molecule has 0 spiro atoms. The maximum absolute atomic E-state index is 12.0. The van der Waals surface area contributed by atoms with Gasteiger partial charge in [0.05, 0.1) is 12.7 Å². The Bertz CT molecular complexity index is 705. The molecular weight excluding hydrogens is 328 g/mol. The molecule has 2 rings (SSSR count). The molecule has 0 aromatic carbocycles. The van der Waals surface area contributed by atoms with Gasteiger partial charge in [0.15, 0.2) is 8.32 Å². The number of aliphatic hydroxyl groups excluding tert-OH is 1. The molecule has 0 bridgehead atoms. The molecule has 1 saturated heterocycles. The molecule has 0 unspecified atom stereocenters. The summed E-state index contributed by atoms with van der Waals surface area (Å²) in [6.07, 6.45) is 0.946. The second-order valence-corrected chi connectivity index (χ2v) is 12.9. The fraction of sp³-hybridized carbons (Fsp3) is 0.750. The smallest absolute Gasteiger partial charge is 0.330 e. The topological polar surface area (TPSA) is 93.6 Å². The van der Waals surface area contributed by atoms with E-state index in [0.29, 0.717) is 6.42 Å². The van der Waals surface area contributed by atoms with Crippen LogP contribution in [0.25, 0.3) is 0 Å². The molecule has 1 aromatic rings. The number of nitrogens with one attached hydrogen (secondary N) is 1. The summed E-state index contributed by atoms with van der Waals surface area (Å²) in [5.74, 6) is 0. The van der Waals surface area contributed by atoms with E-state index in [4.69, 9.17) is 9.16 Å². The van der Waals surface area contributed by atoms with Gasteiger partial charge in [-0.2, -0.15) is 0 Å². The number of aromatic nitrogens is 2. The molecule has 136 valence electrons. The van der Waals surface area contributed by atoms with Crippen LogP contribution in [0.5, 0.6) is 0 Å². The first kappa shape index (κ1) is 19.1. The molecule has 0 aliphatic carbocycles. The summed E-state index contributed by atoms with van der Waals surface area (Å²) in [4.78, 5) is 25.5. The molecule has 0 saturated carbocycles. The number of ether oxygens (including phenoxy) is 1. The number of hydrogen-bond donors (Lipinski definition) is 2. The Kier molecular flexibility index (Phi) is 4.98. The quantitative estimate of drug-likeness (QED) is 0.799. The summed E-state index contributed by atoms with van der Waals surface area (Å²) in [5, 5.41) is 9.86. The molecule has 0 amide bonds. The molecule has 1 fully saturated rings. The van der Waals surface area contributed by atoms with Gasteiger partial charge in [-0.1, -0.05) is 20.8 Å². The molecule has 24 heavy (non-hydrogen) atoms. The molecule has 7 nitrogen and oxygen atoms in total. The van der Waals surface area contributed by atoms with Gasteiger partial charge in [-0.05, 0) is 25.1 Å². The van der Waals surface area contributed by atoms with Crippen LogP contribution in [0.2, 0.25) is 18.1 Å². The first-order chi connectivity index (χ1) is 10.9. The summed E-state index contributed by atoms with van der Waals surface area (Å²) in [6, 6.07) is 1.28. The van der Waals surface area contributed by atoms with Crippen LogP contribution in [0.4, 0.5) is 0 Å². The standard InChI is InChI=1S/C16H28N2O5Si/c1-15(2,3)24(5,6)23-11-9-13(22-16(11,4)10-19)18-8-7-12(20)17-14(18)21/h7-8,11,13,19H,9-10H2,1-6H3,(H,17,20,21)/t11-,13+,16+/m0/s1. The zero-order valence-corrected chi connectivity index (χ0v) is 16.3. The Balaban J connectivity index is 2.30. The van der Waals surface area contributed by atoms with Gasteiger partial charge in [-0.3, -0.25) is 14.3 Å². The van der Waals surface area contributed by atoms with Crippen LogP contribution in [-0.4, -0.2) is 41.3 Å². The third kappa shape index (κ3) is 3.56. The Morgan fingerprint density at radius 3 is 2.58 bits per heavy atom. The first-order valence-corrected chi connectivity index (χ1v) is 11.1. The number of nitrogens with zero attached hydrogens (tertiary/aromatic N) is 1. The summed E-state index contributed by atoms with van der Waals surface area (Å²) >= 11 is 0. The molecule has 2 N–H and O–H groups in total. The van der Waals surface area contributed by atoms with E-state index >= 15 is 0 Å². The van der Waals surface area contributed by atoms with Crippen molar-refractivity contribution in [1.82, 2.24) is 9.55 Å². The third-order valence-electron chi connectivity index (χ3n) is 5.22. The molecule has 0 radical (unpaired) electrons. The maximum Gasteiger partial charge on any atom is 0.330 e. The number of hydrogen-bond acceptors (Lipinski definition) is 5. The van der Waals surface area contributed by atoms with Gasteiger partial charge in [0.1, 0.15) is 11.8 Å². The zero-order valence-electron chi connectivity index (χ0n) is 15.3. The van der Waals surface area contributed by atoms with Crippen molar-refractivity contribution >= 4 is 8.32 Å².